The van der Waals surface area contributed by atoms with Crippen LogP contribution in [0.25, 0.3) is 55.6 Å². The molecule has 3 heterocycles. The van der Waals surface area contributed by atoms with Crippen LogP contribution in [-0.4, -0.2) is 23.2 Å². The Morgan fingerprint density at radius 1 is 0.739 bits per heavy atom. The molecule has 3 aromatic heterocycles. The van der Waals surface area contributed by atoms with Crippen LogP contribution in [0.2, 0.25) is 17.3 Å². The van der Waals surface area contributed by atoms with Crippen molar-refractivity contribution in [1.29, 1.82) is 0 Å². The average Bonchev–Trinajstić information content (AvgIpc) is 3.45. The molecule has 1 radical (unpaired) electrons. The summed E-state index contributed by atoms with van der Waals surface area (Å²) >= 11 is -1.72. The average molecular weight is 844 g/mol. The maximum Gasteiger partial charge on any atom is 0 e. The fourth-order valence-corrected chi connectivity index (χ4v) is 7.42. The van der Waals surface area contributed by atoms with E-state index in [0.717, 1.165) is 49.9 Å². The van der Waals surface area contributed by atoms with Crippen molar-refractivity contribution in [3.05, 3.63) is 139 Å². The van der Waals surface area contributed by atoms with Gasteiger partial charge in [-0.1, -0.05) is 67.8 Å². The molecule has 3 nitrogen and oxygen atoms in total. The summed E-state index contributed by atoms with van der Waals surface area (Å²) in [6, 6.07) is 40.5. The first-order chi connectivity index (χ1) is 23.2. The van der Waals surface area contributed by atoms with Crippen LogP contribution in [0.5, 0.6) is 0 Å². The Kier molecular flexibility index (Phi) is 8.83. The van der Waals surface area contributed by atoms with E-state index in [4.69, 9.17) is 9.90 Å². The second kappa shape index (κ2) is 14.3. The van der Waals surface area contributed by atoms with E-state index < -0.39 is 26.0 Å². The summed E-state index contributed by atoms with van der Waals surface area (Å²) in [4.78, 5) is 8.94. The largest absolute Gasteiger partial charge is 0 e. The molecule has 233 valence electrons. The maximum atomic E-state index is 8.46. The fraction of sp³-hybridized carbons (Fsp3) is 0.171. The molecule has 0 spiro atoms. The predicted octanol–water partition coefficient (Wildman–Crippen LogP) is 10.6. The number of aromatic nitrogens is 2. The minimum Gasteiger partial charge on any atom is 0 e. The Hall–Kier alpha value is -3.83. The summed E-state index contributed by atoms with van der Waals surface area (Å²) in [6.07, 6.45) is 3.40. The van der Waals surface area contributed by atoms with Crippen molar-refractivity contribution in [1.82, 2.24) is 9.97 Å². The third-order valence-electron chi connectivity index (χ3n) is 7.84. The quantitative estimate of drug-likeness (QED) is 0.128. The second-order valence-electron chi connectivity index (χ2n) is 12.4. The van der Waals surface area contributed by atoms with E-state index in [1.165, 1.54) is 10.6 Å². The molecule has 0 fully saturated rings. The van der Waals surface area contributed by atoms with Crippen LogP contribution >= 0.6 is 0 Å². The van der Waals surface area contributed by atoms with Gasteiger partial charge in [-0.2, -0.15) is 0 Å². The maximum absolute atomic E-state index is 8.46. The SMILES string of the molecule is [2H]C([2H])([2H])c1cnc(-c2[c-]cc3oc4cc(-c5ccccc5)ccc4c3c2)cc1C([2H])(C)C.[CH3][Ge]([CH3])([CH3])[c]1ccc(-c2[c-]cccc2)nc1.[Ir]. The molecule has 46 heavy (non-hydrogen) atoms. The molecule has 0 saturated heterocycles. The van der Waals surface area contributed by atoms with Crippen LogP contribution in [0.4, 0.5) is 0 Å². The van der Waals surface area contributed by atoms with E-state index in [9.17, 15) is 0 Å². The number of aryl methyl sites for hydroxylation is 1. The van der Waals surface area contributed by atoms with E-state index in [0.29, 0.717) is 11.3 Å². The van der Waals surface area contributed by atoms with Crippen molar-refractivity contribution in [2.24, 2.45) is 0 Å². The molecular formula is C41H38GeIrN2O-2. The second-order valence-corrected chi connectivity index (χ2v) is 23.0. The number of benzene rings is 4. The number of pyridine rings is 2. The van der Waals surface area contributed by atoms with Crippen LogP contribution in [0, 0.1) is 19.0 Å². The molecule has 4 aromatic carbocycles. The van der Waals surface area contributed by atoms with Gasteiger partial charge in [0.15, 0.2) is 0 Å². The van der Waals surface area contributed by atoms with E-state index >= 15 is 0 Å². The van der Waals surface area contributed by atoms with Gasteiger partial charge in [-0.05, 0) is 46.8 Å². The topological polar surface area (TPSA) is 38.9 Å². The predicted molar refractivity (Wildman–Crippen MR) is 192 cm³/mol. The van der Waals surface area contributed by atoms with Crippen molar-refractivity contribution in [2.45, 2.75) is 43.9 Å². The van der Waals surface area contributed by atoms with Crippen LogP contribution in [0.15, 0.2) is 120 Å². The Morgan fingerprint density at radius 3 is 2.20 bits per heavy atom. The van der Waals surface area contributed by atoms with Gasteiger partial charge in [0.1, 0.15) is 5.58 Å². The molecule has 7 rings (SSSR count). The Bertz CT molecular complexity index is 2220. The Morgan fingerprint density at radius 2 is 1.52 bits per heavy atom. The van der Waals surface area contributed by atoms with Crippen LogP contribution in [0.1, 0.15) is 36.4 Å². The molecular weight excluding hydrogens is 801 g/mol. The molecule has 0 atom stereocenters. The smallest absolute Gasteiger partial charge is 0 e. The van der Waals surface area contributed by atoms with Gasteiger partial charge in [0.2, 0.25) is 0 Å². The first-order valence-electron chi connectivity index (χ1n) is 17.1. The van der Waals surface area contributed by atoms with Gasteiger partial charge in [-0.15, -0.1) is 23.8 Å². The molecule has 0 bridgehead atoms. The molecule has 0 N–H and O–H groups in total. The van der Waals surface area contributed by atoms with Gasteiger partial charge >= 0.3 is 99.8 Å². The monoisotopic (exact) mass is 845 g/mol. The molecule has 5 heteroatoms. The van der Waals surface area contributed by atoms with Gasteiger partial charge < -0.3 is 9.40 Å². The van der Waals surface area contributed by atoms with Crippen LogP contribution < -0.4 is 4.40 Å². The summed E-state index contributed by atoms with van der Waals surface area (Å²) in [6.45, 7) is 1.04. The van der Waals surface area contributed by atoms with Crippen molar-refractivity contribution < 1.29 is 30.0 Å². The number of rotatable bonds is 5. The van der Waals surface area contributed by atoms with Crippen molar-refractivity contribution >= 4 is 39.6 Å². The minimum absolute atomic E-state index is 0. The van der Waals surface area contributed by atoms with Gasteiger partial charge in [0.05, 0.1) is 5.58 Å². The van der Waals surface area contributed by atoms with Gasteiger partial charge in [-0.3, -0.25) is 0 Å². The summed E-state index contributed by atoms with van der Waals surface area (Å²) in [5.74, 6) is 6.06. The number of hydrogen-bond acceptors (Lipinski definition) is 3. The summed E-state index contributed by atoms with van der Waals surface area (Å²) in [5, 5.41) is 1.92. The zero-order valence-corrected chi connectivity index (χ0v) is 31.1. The molecule has 0 aliphatic carbocycles. The number of nitrogens with zero attached hydrogens (tertiary/aromatic N) is 2. The van der Waals surface area contributed by atoms with Crippen molar-refractivity contribution in [3.8, 4) is 33.6 Å². The zero-order valence-electron chi connectivity index (χ0n) is 30.6. The number of fused-ring (bicyclic) bond motifs is 3. The van der Waals surface area contributed by atoms with Gasteiger partial charge in [-0.25, -0.2) is 0 Å². The van der Waals surface area contributed by atoms with Crippen molar-refractivity contribution in [3.63, 3.8) is 0 Å². The fourth-order valence-electron chi connectivity index (χ4n) is 5.24. The van der Waals surface area contributed by atoms with Crippen LogP contribution in [0.3, 0.4) is 0 Å². The Balaban J connectivity index is 0.000000241. The summed E-state index contributed by atoms with van der Waals surface area (Å²) in [7, 11) is 0. The standard InChI is InChI=1S/C27H22NO.C14H16GeN.Ir/c1-17(2)23-15-25(28-16-18(23)3)21-10-12-26-24(13-21)22-11-9-20(14-27(22)29-26)19-7-5-4-6-8-19;1-15(2,3)13-9-10-14(16-11-13)12-7-5-4-6-8-12;/h4-9,11-17H,1-3H3;4-7,9-11H,1-3H3;/q2*-1;/i3D3,17D;;. The van der Waals surface area contributed by atoms with Gasteiger partial charge in [0.25, 0.3) is 0 Å². The first kappa shape index (κ1) is 28.4. The number of hydrogen-bond donors (Lipinski definition) is 0. The van der Waals surface area contributed by atoms with E-state index in [1.807, 2.05) is 60.8 Å². The van der Waals surface area contributed by atoms with E-state index in [2.05, 4.69) is 75.8 Å². The normalized spacial score (nSPS) is 13.1. The van der Waals surface area contributed by atoms with Crippen molar-refractivity contribution in [2.75, 3.05) is 0 Å². The van der Waals surface area contributed by atoms with E-state index in [1.54, 1.807) is 26.0 Å². The molecule has 0 aliphatic heterocycles. The van der Waals surface area contributed by atoms with Crippen LogP contribution in [-0.2, 0) is 20.1 Å². The summed E-state index contributed by atoms with van der Waals surface area (Å²) in [5.41, 5.74) is 7.63. The first-order valence-corrected chi connectivity index (χ1v) is 22.4. The molecule has 7 aromatic rings. The third-order valence-corrected chi connectivity index (χ3v) is 12.1. The van der Waals surface area contributed by atoms with E-state index in [-0.39, 0.29) is 25.7 Å². The summed E-state index contributed by atoms with van der Waals surface area (Å²) < 4.78 is 39.4. The molecule has 0 saturated carbocycles. The molecule has 0 aliphatic rings. The van der Waals surface area contributed by atoms with Gasteiger partial charge in [0, 0.05) is 37.2 Å². The Labute approximate surface area is 294 Å². The zero-order chi connectivity index (χ0) is 35.0. The third kappa shape index (κ3) is 7.42. The number of furan rings is 1. The molecule has 0 unspecified atom stereocenters. The minimum atomic E-state index is -2.33. The molecule has 0 amide bonds.